The van der Waals surface area contributed by atoms with Crippen LogP contribution in [0.4, 0.5) is 13.2 Å². The second kappa shape index (κ2) is 10.6. The fraction of sp³-hybridized carbons (Fsp3) is 0.524. The number of imidazole rings is 1. The van der Waals surface area contributed by atoms with Gasteiger partial charge in [0.2, 0.25) is 5.91 Å². The lowest BCUT2D eigenvalue weighted by Gasteiger charge is -2.19. The average Bonchev–Trinajstić information content (AvgIpc) is 3.51. The highest BCUT2D eigenvalue weighted by Crippen LogP contribution is 2.32. The molecule has 2 aromatic heterocycles. The van der Waals surface area contributed by atoms with E-state index in [-0.39, 0.29) is 5.91 Å². The number of pyridine rings is 1. The monoisotopic (exact) mass is 453 g/mol. The maximum atomic E-state index is 11.9. The van der Waals surface area contributed by atoms with Crippen molar-refractivity contribution in [3.63, 3.8) is 0 Å². The van der Waals surface area contributed by atoms with E-state index in [9.17, 15) is 18.0 Å². The number of nitrogens with zero attached hydrogens (tertiary/aromatic N) is 4. The molecular weight excluding hydrogens is 427 g/mol. The molecule has 0 aromatic carbocycles. The van der Waals surface area contributed by atoms with Gasteiger partial charge >= 0.3 is 12.1 Å². The van der Waals surface area contributed by atoms with Crippen LogP contribution in [0.3, 0.4) is 0 Å². The van der Waals surface area contributed by atoms with E-state index in [0.29, 0.717) is 18.9 Å². The molecule has 1 aliphatic carbocycles. The smallest absolute Gasteiger partial charge is 0.475 e. The first-order valence-corrected chi connectivity index (χ1v) is 10.4. The minimum absolute atomic E-state index is 0.170. The molecule has 1 amide bonds. The number of nitrogens with one attached hydrogen (secondary N) is 1. The Morgan fingerprint density at radius 2 is 1.91 bits per heavy atom. The number of halogens is 3. The molecule has 174 valence electrons. The predicted molar refractivity (Wildman–Crippen MR) is 108 cm³/mol. The lowest BCUT2D eigenvalue weighted by molar-refractivity contribution is -0.192. The molecule has 1 fully saturated rings. The Bertz CT molecular complexity index is 913. The van der Waals surface area contributed by atoms with Crippen LogP contribution in [-0.2, 0) is 35.6 Å². The topological polar surface area (TPSA) is 100 Å². The SMILES string of the molecule is O=C(CC1CC1)NCc1cnc2n1CCN(Cc1ccccn1)CC2.O=C(O)C(F)(F)F. The number of carboxylic acids is 1. The van der Waals surface area contributed by atoms with Crippen molar-refractivity contribution in [3.8, 4) is 0 Å². The molecule has 4 rings (SSSR count). The fourth-order valence-electron chi connectivity index (χ4n) is 3.40. The lowest BCUT2D eigenvalue weighted by Crippen LogP contribution is -2.28. The van der Waals surface area contributed by atoms with Crippen LogP contribution in [0.25, 0.3) is 0 Å². The molecule has 2 aromatic rings. The number of alkyl halides is 3. The highest BCUT2D eigenvalue weighted by molar-refractivity contribution is 5.76. The number of hydrogen-bond acceptors (Lipinski definition) is 5. The summed E-state index contributed by atoms with van der Waals surface area (Å²) in [5, 5.41) is 10.2. The van der Waals surface area contributed by atoms with Crippen LogP contribution in [0.1, 0.15) is 36.5 Å². The zero-order valence-corrected chi connectivity index (χ0v) is 17.5. The van der Waals surface area contributed by atoms with Crippen molar-refractivity contribution in [1.29, 1.82) is 0 Å². The highest BCUT2D eigenvalue weighted by Gasteiger charge is 2.38. The second-order valence-corrected chi connectivity index (χ2v) is 7.89. The van der Waals surface area contributed by atoms with Gasteiger partial charge in [-0.3, -0.25) is 14.7 Å². The molecule has 3 heterocycles. The molecule has 1 aliphatic heterocycles. The molecule has 0 atom stereocenters. The minimum Gasteiger partial charge on any atom is -0.475 e. The number of aromatic nitrogens is 3. The van der Waals surface area contributed by atoms with Crippen LogP contribution in [0.5, 0.6) is 0 Å². The van der Waals surface area contributed by atoms with E-state index in [1.165, 1.54) is 12.8 Å². The summed E-state index contributed by atoms with van der Waals surface area (Å²) in [5.74, 6) is -0.839. The Labute approximate surface area is 183 Å². The first-order chi connectivity index (χ1) is 15.2. The normalized spacial score (nSPS) is 16.3. The standard InChI is InChI=1S/C19H25N5O.C2HF3O2/c25-19(11-15-4-5-15)22-13-17-12-21-18-6-8-23(9-10-24(17)18)14-16-3-1-2-7-20-16;3-2(4,5)1(6)7/h1-3,7,12,15H,4-6,8-11,13-14H2,(H,22,25);(H,6,7). The number of carbonyl (C=O) groups is 2. The van der Waals surface area contributed by atoms with Crippen molar-refractivity contribution in [3.05, 3.63) is 47.8 Å². The minimum atomic E-state index is -5.08. The Morgan fingerprint density at radius 1 is 1.16 bits per heavy atom. The third-order valence-electron chi connectivity index (χ3n) is 5.30. The number of aliphatic carboxylic acids is 1. The second-order valence-electron chi connectivity index (χ2n) is 7.89. The van der Waals surface area contributed by atoms with Gasteiger partial charge in [-0.2, -0.15) is 13.2 Å². The first kappa shape index (κ1) is 23.7. The van der Waals surface area contributed by atoms with Gasteiger partial charge in [-0.05, 0) is 30.9 Å². The molecule has 0 unspecified atom stereocenters. The summed E-state index contributed by atoms with van der Waals surface area (Å²) in [7, 11) is 0. The van der Waals surface area contributed by atoms with Crippen LogP contribution in [0.2, 0.25) is 0 Å². The Kier molecular flexibility index (Phi) is 7.84. The third kappa shape index (κ3) is 7.33. The van der Waals surface area contributed by atoms with Crippen LogP contribution in [0.15, 0.2) is 30.6 Å². The van der Waals surface area contributed by atoms with E-state index < -0.39 is 12.1 Å². The highest BCUT2D eigenvalue weighted by atomic mass is 19.4. The van der Waals surface area contributed by atoms with Crippen molar-refractivity contribution in [2.24, 2.45) is 5.92 Å². The van der Waals surface area contributed by atoms with Crippen LogP contribution >= 0.6 is 0 Å². The summed E-state index contributed by atoms with van der Waals surface area (Å²) in [6, 6.07) is 6.06. The molecule has 32 heavy (non-hydrogen) atoms. The zero-order valence-electron chi connectivity index (χ0n) is 17.5. The molecule has 0 saturated heterocycles. The number of hydrogen-bond donors (Lipinski definition) is 2. The van der Waals surface area contributed by atoms with Gasteiger partial charge in [-0.1, -0.05) is 6.07 Å². The summed E-state index contributed by atoms with van der Waals surface area (Å²) in [4.78, 5) is 32.2. The van der Waals surface area contributed by atoms with E-state index >= 15 is 0 Å². The van der Waals surface area contributed by atoms with E-state index in [2.05, 4.69) is 30.8 Å². The molecule has 0 bridgehead atoms. The maximum Gasteiger partial charge on any atom is 0.490 e. The molecule has 11 heteroatoms. The van der Waals surface area contributed by atoms with Gasteiger partial charge in [0.15, 0.2) is 0 Å². The van der Waals surface area contributed by atoms with E-state index in [0.717, 1.165) is 49.8 Å². The number of amides is 1. The zero-order chi connectivity index (χ0) is 23.1. The van der Waals surface area contributed by atoms with Crippen LogP contribution < -0.4 is 5.32 Å². The lowest BCUT2D eigenvalue weighted by atomic mass is 10.3. The van der Waals surface area contributed by atoms with Gasteiger partial charge in [-0.25, -0.2) is 9.78 Å². The summed E-state index contributed by atoms with van der Waals surface area (Å²) in [6.45, 7) is 4.33. The first-order valence-electron chi connectivity index (χ1n) is 10.4. The van der Waals surface area contributed by atoms with Gasteiger partial charge in [0, 0.05) is 45.2 Å². The van der Waals surface area contributed by atoms with Gasteiger partial charge in [0.25, 0.3) is 0 Å². The van der Waals surface area contributed by atoms with Crippen molar-refractivity contribution < 1.29 is 27.9 Å². The van der Waals surface area contributed by atoms with Crippen molar-refractivity contribution in [1.82, 2.24) is 24.8 Å². The summed E-state index contributed by atoms with van der Waals surface area (Å²) in [6.07, 6.45) is 2.71. The molecule has 0 spiro atoms. The maximum absolute atomic E-state index is 11.9. The molecule has 0 radical (unpaired) electrons. The predicted octanol–water partition coefficient (Wildman–Crippen LogP) is 2.39. The Balaban J connectivity index is 0.000000360. The number of rotatable bonds is 6. The van der Waals surface area contributed by atoms with Crippen LogP contribution in [0, 0.1) is 5.92 Å². The number of fused-ring (bicyclic) bond motifs is 1. The summed E-state index contributed by atoms with van der Waals surface area (Å²) in [5.41, 5.74) is 2.22. The number of carbonyl (C=O) groups excluding carboxylic acids is 1. The largest absolute Gasteiger partial charge is 0.490 e. The van der Waals surface area contributed by atoms with E-state index in [1.807, 2.05) is 24.5 Å². The van der Waals surface area contributed by atoms with Gasteiger partial charge < -0.3 is 15.0 Å². The molecule has 2 aliphatic rings. The van der Waals surface area contributed by atoms with Crippen molar-refractivity contribution >= 4 is 11.9 Å². The summed E-state index contributed by atoms with van der Waals surface area (Å²) >= 11 is 0. The van der Waals surface area contributed by atoms with Gasteiger partial charge in [0.1, 0.15) is 5.82 Å². The molecule has 8 nitrogen and oxygen atoms in total. The van der Waals surface area contributed by atoms with Crippen LogP contribution in [-0.4, -0.2) is 55.7 Å². The van der Waals surface area contributed by atoms with Crippen molar-refractivity contribution in [2.75, 3.05) is 13.1 Å². The molecule has 1 saturated carbocycles. The van der Waals surface area contributed by atoms with E-state index in [1.54, 1.807) is 0 Å². The Morgan fingerprint density at radius 3 is 2.53 bits per heavy atom. The fourth-order valence-corrected chi connectivity index (χ4v) is 3.40. The average molecular weight is 453 g/mol. The van der Waals surface area contributed by atoms with Crippen molar-refractivity contribution in [2.45, 2.75) is 51.5 Å². The molecular formula is C21H26F3N5O3. The Hall–Kier alpha value is -2.95. The number of carboxylic acid groups (broad SMARTS) is 1. The van der Waals surface area contributed by atoms with Gasteiger partial charge in [0.05, 0.1) is 24.1 Å². The van der Waals surface area contributed by atoms with Gasteiger partial charge in [-0.15, -0.1) is 0 Å². The third-order valence-corrected chi connectivity index (χ3v) is 5.30. The summed E-state index contributed by atoms with van der Waals surface area (Å²) < 4.78 is 34.0. The quantitative estimate of drug-likeness (QED) is 0.697. The van der Waals surface area contributed by atoms with E-state index in [4.69, 9.17) is 9.90 Å². The molecule has 2 N–H and O–H groups in total.